The van der Waals surface area contributed by atoms with Gasteiger partial charge in [-0.15, -0.1) is 0 Å². The average molecular weight is 376 g/mol. The lowest BCUT2D eigenvalue weighted by Crippen LogP contribution is -2.28. The van der Waals surface area contributed by atoms with Gasteiger partial charge in [0.1, 0.15) is 5.75 Å². The van der Waals surface area contributed by atoms with E-state index in [-0.39, 0.29) is 12.0 Å². The van der Waals surface area contributed by atoms with E-state index in [2.05, 4.69) is 5.32 Å². The zero-order chi connectivity index (χ0) is 19.3. The minimum Gasteiger partial charge on any atom is -0.479 e. The maximum atomic E-state index is 12.4. The largest absolute Gasteiger partial charge is 0.479 e. The molecule has 0 radical (unpaired) electrons. The van der Waals surface area contributed by atoms with E-state index in [1.54, 1.807) is 63.2 Å². The third kappa shape index (κ3) is 5.23. The molecule has 0 bridgehead atoms. The van der Waals surface area contributed by atoms with Gasteiger partial charge in [0.2, 0.25) is 0 Å². The lowest BCUT2D eigenvalue weighted by molar-refractivity contribution is -0.154. The highest BCUT2D eigenvalue weighted by Crippen LogP contribution is 2.24. The first-order valence-corrected chi connectivity index (χ1v) is 8.69. The molecule has 2 rings (SSSR count). The van der Waals surface area contributed by atoms with Crippen molar-refractivity contribution in [1.29, 1.82) is 0 Å². The molecule has 0 aliphatic heterocycles. The quantitative estimate of drug-likeness (QED) is 0.748. The molecule has 6 heteroatoms. The molecule has 138 valence electrons. The number of ether oxygens (including phenoxy) is 2. The molecule has 0 aliphatic carbocycles. The molecule has 0 fully saturated rings. The standard InChI is InChI=1S/C20H22ClNO4/c1-12(2)25-20(24)14(4)26-16-10-8-15(9-11-16)19(23)22-18-7-5-6-17(21)13(18)3/h5-12,14H,1-4H3,(H,22,23)/t14-/m0/s1. The predicted molar refractivity (Wildman–Crippen MR) is 102 cm³/mol. The normalized spacial score (nSPS) is 11.8. The van der Waals surface area contributed by atoms with Crippen LogP contribution in [0.15, 0.2) is 42.5 Å². The summed E-state index contributed by atoms with van der Waals surface area (Å²) in [5.41, 5.74) is 1.93. The van der Waals surface area contributed by atoms with Crippen molar-refractivity contribution in [2.24, 2.45) is 0 Å². The molecule has 0 saturated carbocycles. The van der Waals surface area contributed by atoms with Crippen LogP contribution in [0.5, 0.6) is 5.75 Å². The number of anilines is 1. The Hall–Kier alpha value is -2.53. The van der Waals surface area contributed by atoms with E-state index < -0.39 is 12.1 Å². The Bertz CT molecular complexity index is 787. The van der Waals surface area contributed by atoms with Crippen LogP contribution in [-0.2, 0) is 9.53 Å². The van der Waals surface area contributed by atoms with E-state index in [0.29, 0.717) is 22.0 Å². The molecular formula is C20H22ClNO4. The zero-order valence-electron chi connectivity index (χ0n) is 15.2. The van der Waals surface area contributed by atoms with Crippen molar-refractivity contribution in [2.45, 2.75) is 39.9 Å². The molecule has 0 aromatic heterocycles. The molecule has 1 amide bonds. The Labute approximate surface area is 158 Å². The fourth-order valence-corrected chi connectivity index (χ4v) is 2.38. The van der Waals surface area contributed by atoms with Crippen LogP contribution in [-0.4, -0.2) is 24.1 Å². The van der Waals surface area contributed by atoms with Crippen LogP contribution >= 0.6 is 11.6 Å². The minimum absolute atomic E-state index is 0.199. The summed E-state index contributed by atoms with van der Waals surface area (Å²) in [6.07, 6.45) is -0.930. The minimum atomic E-state index is -0.730. The summed E-state index contributed by atoms with van der Waals surface area (Å²) in [6, 6.07) is 11.9. The first kappa shape index (κ1) is 19.8. The van der Waals surface area contributed by atoms with Gasteiger partial charge in [-0.1, -0.05) is 17.7 Å². The van der Waals surface area contributed by atoms with Crippen LogP contribution in [0.25, 0.3) is 0 Å². The van der Waals surface area contributed by atoms with Crippen molar-refractivity contribution in [3.05, 3.63) is 58.6 Å². The van der Waals surface area contributed by atoms with Gasteiger partial charge >= 0.3 is 5.97 Å². The monoisotopic (exact) mass is 375 g/mol. The number of benzene rings is 2. The number of amides is 1. The summed E-state index contributed by atoms with van der Waals surface area (Å²) in [5.74, 6) is -0.207. The molecule has 1 N–H and O–H groups in total. The van der Waals surface area contributed by atoms with Crippen LogP contribution in [0.2, 0.25) is 5.02 Å². The second-order valence-electron chi connectivity index (χ2n) is 6.14. The summed E-state index contributed by atoms with van der Waals surface area (Å²) >= 11 is 6.06. The van der Waals surface area contributed by atoms with E-state index in [1.807, 2.05) is 6.92 Å². The van der Waals surface area contributed by atoms with Gasteiger partial charge in [0.15, 0.2) is 6.10 Å². The zero-order valence-corrected chi connectivity index (χ0v) is 16.0. The number of hydrogen-bond donors (Lipinski definition) is 1. The summed E-state index contributed by atoms with van der Waals surface area (Å²) in [7, 11) is 0. The van der Waals surface area contributed by atoms with Gasteiger partial charge in [-0.05, 0) is 69.7 Å². The van der Waals surface area contributed by atoms with E-state index in [0.717, 1.165) is 5.56 Å². The summed E-state index contributed by atoms with van der Waals surface area (Å²) in [6.45, 7) is 7.01. The van der Waals surface area contributed by atoms with Gasteiger partial charge in [0.25, 0.3) is 5.91 Å². The molecule has 0 unspecified atom stereocenters. The van der Waals surface area contributed by atoms with Gasteiger partial charge in [-0.2, -0.15) is 0 Å². The number of carbonyl (C=O) groups is 2. The summed E-state index contributed by atoms with van der Waals surface area (Å²) in [4.78, 5) is 24.1. The maximum Gasteiger partial charge on any atom is 0.347 e. The third-order valence-electron chi connectivity index (χ3n) is 3.63. The molecular weight excluding hydrogens is 354 g/mol. The fourth-order valence-electron chi connectivity index (χ4n) is 2.20. The highest BCUT2D eigenvalue weighted by molar-refractivity contribution is 6.31. The number of rotatable bonds is 6. The van der Waals surface area contributed by atoms with Gasteiger partial charge in [0, 0.05) is 16.3 Å². The molecule has 2 aromatic rings. The first-order valence-electron chi connectivity index (χ1n) is 8.31. The Kier molecular flexibility index (Phi) is 6.64. The number of carbonyl (C=O) groups excluding carboxylic acids is 2. The molecule has 0 heterocycles. The average Bonchev–Trinajstić information content (AvgIpc) is 2.59. The fraction of sp³-hybridized carbons (Fsp3) is 0.300. The van der Waals surface area contributed by atoms with Crippen LogP contribution < -0.4 is 10.1 Å². The van der Waals surface area contributed by atoms with Gasteiger partial charge < -0.3 is 14.8 Å². The van der Waals surface area contributed by atoms with Crippen molar-refractivity contribution < 1.29 is 19.1 Å². The van der Waals surface area contributed by atoms with Crippen molar-refractivity contribution in [3.8, 4) is 5.75 Å². The number of nitrogens with one attached hydrogen (secondary N) is 1. The molecule has 0 saturated heterocycles. The highest BCUT2D eigenvalue weighted by Gasteiger charge is 2.18. The third-order valence-corrected chi connectivity index (χ3v) is 4.04. The Balaban J connectivity index is 2.01. The van der Waals surface area contributed by atoms with Crippen LogP contribution in [0.4, 0.5) is 5.69 Å². The van der Waals surface area contributed by atoms with E-state index in [9.17, 15) is 9.59 Å². The number of esters is 1. The Morgan fingerprint density at radius 1 is 1.04 bits per heavy atom. The van der Waals surface area contributed by atoms with Crippen molar-refractivity contribution in [3.63, 3.8) is 0 Å². The lowest BCUT2D eigenvalue weighted by Gasteiger charge is -2.16. The van der Waals surface area contributed by atoms with Crippen LogP contribution in [0.3, 0.4) is 0 Å². The molecule has 0 aliphatic rings. The highest BCUT2D eigenvalue weighted by atomic mass is 35.5. The molecule has 5 nitrogen and oxygen atoms in total. The molecule has 0 spiro atoms. The number of hydrogen-bond acceptors (Lipinski definition) is 4. The smallest absolute Gasteiger partial charge is 0.347 e. The maximum absolute atomic E-state index is 12.4. The van der Waals surface area contributed by atoms with Gasteiger partial charge in [0.05, 0.1) is 6.10 Å². The van der Waals surface area contributed by atoms with Gasteiger partial charge in [-0.3, -0.25) is 4.79 Å². The lowest BCUT2D eigenvalue weighted by atomic mass is 10.1. The predicted octanol–water partition coefficient (Wildman–Crippen LogP) is 4.62. The molecule has 1 atom stereocenters. The summed E-state index contributed by atoms with van der Waals surface area (Å²) < 4.78 is 10.6. The first-order chi connectivity index (χ1) is 12.3. The van der Waals surface area contributed by atoms with Crippen molar-refractivity contribution >= 4 is 29.2 Å². The van der Waals surface area contributed by atoms with Gasteiger partial charge in [-0.25, -0.2) is 4.79 Å². The molecule has 26 heavy (non-hydrogen) atoms. The topological polar surface area (TPSA) is 64.6 Å². The SMILES string of the molecule is Cc1c(Cl)cccc1NC(=O)c1ccc(O[C@@H](C)C(=O)OC(C)C)cc1. The molecule has 2 aromatic carbocycles. The van der Waals surface area contributed by atoms with Crippen LogP contribution in [0.1, 0.15) is 36.7 Å². The van der Waals surface area contributed by atoms with E-state index in [1.165, 1.54) is 0 Å². The summed E-state index contributed by atoms with van der Waals surface area (Å²) in [5, 5.41) is 3.42. The second-order valence-corrected chi connectivity index (χ2v) is 6.54. The van der Waals surface area contributed by atoms with E-state index >= 15 is 0 Å². The Morgan fingerprint density at radius 2 is 1.69 bits per heavy atom. The van der Waals surface area contributed by atoms with E-state index in [4.69, 9.17) is 21.1 Å². The van der Waals surface area contributed by atoms with Crippen LogP contribution in [0, 0.1) is 6.92 Å². The number of halogens is 1. The van der Waals surface area contributed by atoms with Crippen molar-refractivity contribution in [1.82, 2.24) is 0 Å². The Morgan fingerprint density at radius 3 is 2.31 bits per heavy atom. The second kappa shape index (κ2) is 8.72. The van der Waals surface area contributed by atoms with Crippen molar-refractivity contribution in [2.75, 3.05) is 5.32 Å².